The summed E-state index contributed by atoms with van der Waals surface area (Å²) in [7, 11) is -3.12. The number of hydrogen-bond donors (Lipinski definition) is 1. The summed E-state index contributed by atoms with van der Waals surface area (Å²) in [6, 6.07) is 4.89. The molecule has 1 N–H and O–H groups in total. The van der Waals surface area contributed by atoms with Crippen LogP contribution in [-0.2, 0) is 10.0 Å². The molecule has 1 heterocycles. The first kappa shape index (κ1) is 17.7. The van der Waals surface area contributed by atoms with Crippen molar-refractivity contribution in [1.29, 1.82) is 0 Å². The zero-order chi connectivity index (χ0) is 16.3. The Kier molecular flexibility index (Phi) is 5.82. The number of rotatable bonds is 6. The largest absolute Gasteiger partial charge is 0.310 e. The SMILES string of the molecule is CC[C@H](NC[C@@H]1CCN(S(C)(=O)=O)C1)c1cccc(Cl)c1F. The van der Waals surface area contributed by atoms with E-state index in [-0.39, 0.29) is 22.8 Å². The molecule has 0 radical (unpaired) electrons. The van der Waals surface area contributed by atoms with Gasteiger partial charge in [-0.2, -0.15) is 0 Å². The molecule has 2 rings (SSSR count). The second-order valence-corrected chi connectivity index (χ2v) is 8.18. The Balaban J connectivity index is 1.97. The third-order valence-electron chi connectivity index (χ3n) is 4.14. The van der Waals surface area contributed by atoms with E-state index in [0.717, 1.165) is 12.8 Å². The van der Waals surface area contributed by atoms with Gasteiger partial charge in [-0.25, -0.2) is 17.1 Å². The van der Waals surface area contributed by atoms with Crippen LogP contribution in [0.5, 0.6) is 0 Å². The fourth-order valence-corrected chi connectivity index (χ4v) is 3.94. The third kappa shape index (κ3) is 4.19. The monoisotopic (exact) mass is 348 g/mol. The van der Waals surface area contributed by atoms with Crippen LogP contribution in [0.1, 0.15) is 31.4 Å². The highest BCUT2D eigenvalue weighted by Gasteiger charge is 2.29. The molecule has 22 heavy (non-hydrogen) atoms. The van der Waals surface area contributed by atoms with Crippen molar-refractivity contribution >= 4 is 21.6 Å². The minimum Gasteiger partial charge on any atom is -0.310 e. The van der Waals surface area contributed by atoms with Crippen molar-refractivity contribution in [2.24, 2.45) is 5.92 Å². The Morgan fingerprint density at radius 1 is 1.50 bits per heavy atom. The topological polar surface area (TPSA) is 49.4 Å². The van der Waals surface area contributed by atoms with E-state index in [1.54, 1.807) is 12.1 Å². The van der Waals surface area contributed by atoms with Crippen LogP contribution >= 0.6 is 11.6 Å². The van der Waals surface area contributed by atoms with Crippen molar-refractivity contribution in [3.8, 4) is 0 Å². The molecule has 124 valence electrons. The molecule has 1 saturated heterocycles. The molecule has 1 fully saturated rings. The molecule has 1 aliphatic rings. The van der Waals surface area contributed by atoms with Crippen LogP contribution in [-0.4, -0.2) is 38.6 Å². The van der Waals surface area contributed by atoms with Crippen molar-refractivity contribution in [3.05, 3.63) is 34.6 Å². The van der Waals surface area contributed by atoms with Crippen LogP contribution in [0.4, 0.5) is 4.39 Å². The van der Waals surface area contributed by atoms with Crippen LogP contribution in [0, 0.1) is 11.7 Å². The quantitative estimate of drug-likeness (QED) is 0.860. The summed E-state index contributed by atoms with van der Waals surface area (Å²) in [5.74, 6) is -0.126. The van der Waals surface area contributed by atoms with Gasteiger partial charge in [-0.15, -0.1) is 0 Å². The van der Waals surface area contributed by atoms with Crippen LogP contribution < -0.4 is 5.32 Å². The zero-order valence-corrected chi connectivity index (χ0v) is 14.4. The summed E-state index contributed by atoms with van der Waals surface area (Å²) in [5.41, 5.74) is 0.563. The summed E-state index contributed by atoms with van der Waals surface area (Å²) < 4.78 is 38.6. The van der Waals surface area contributed by atoms with Gasteiger partial charge in [-0.05, 0) is 31.4 Å². The molecule has 0 aromatic heterocycles. The molecule has 2 atom stereocenters. The minimum atomic E-state index is -3.12. The lowest BCUT2D eigenvalue weighted by Crippen LogP contribution is -2.31. The molecule has 1 aromatic rings. The van der Waals surface area contributed by atoms with Crippen molar-refractivity contribution in [3.63, 3.8) is 0 Å². The van der Waals surface area contributed by atoms with Gasteiger partial charge in [0.05, 0.1) is 11.3 Å². The Morgan fingerprint density at radius 2 is 2.23 bits per heavy atom. The lowest BCUT2D eigenvalue weighted by atomic mass is 10.0. The highest BCUT2D eigenvalue weighted by molar-refractivity contribution is 7.88. The first-order valence-corrected chi connectivity index (χ1v) is 9.68. The van der Waals surface area contributed by atoms with E-state index in [2.05, 4.69) is 5.32 Å². The Bertz CT molecular complexity index is 624. The van der Waals surface area contributed by atoms with Gasteiger partial charge in [0.15, 0.2) is 0 Å². The van der Waals surface area contributed by atoms with E-state index in [0.29, 0.717) is 25.2 Å². The molecular formula is C15H22ClFN2O2S. The van der Waals surface area contributed by atoms with Gasteiger partial charge in [0.1, 0.15) is 5.82 Å². The first-order chi connectivity index (χ1) is 10.3. The van der Waals surface area contributed by atoms with Crippen LogP contribution in [0.15, 0.2) is 18.2 Å². The average molecular weight is 349 g/mol. The maximum atomic E-state index is 14.1. The third-order valence-corrected chi connectivity index (χ3v) is 5.70. The summed E-state index contributed by atoms with van der Waals surface area (Å²) >= 11 is 5.84. The van der Waals surface area contributed by atoms with Crippen molar-refractivity contribution in [1.82, 2.24) is 9.62 Å². The van der Waals surface area contributed by atoms with Crippen LogP contribution in [0.25, 0.3) is 0 Å². The molecule has 0 saturated carbocycles. The van der Waals surface area contributed by atoms with E-state index < -0.39 is 10.0 Å². The number of nitrogens with zero attached hydrogens (tertiary/aromatic N) is 1. The van der Waals surface area contributed by atoms with Crippen molar-refractivity contribution < 1.29 is 12.8 Å². The summed E-state index contributed by atoms with van der Waals surface area (Å²) in [6.07, 6.45) is 2.80. The number of hydrogen-bond acceptors (Lipinski definition) is 3. The van der Waals surface area contributed by atoms with E-state index in [1.807, 2.05) is 6.92 Å². The lowest BCUT2D eigenvalue weighted by Gasteiger charge is -2.21. The van der Waals surface area contributed by atoms with E-state index in [1.165, 1.54) is 16.6 Å². The molecule has 7 heteroatoms. The van der Waals surface area contributed by atoms with Crippen LogP contribution in [0.2, 0.25) is 5.02 Å². The fraction of sp³-hybridized carbons (Fsp3) is 0.600. The summed E-state index contributed by atoms with van der Waals surface area (Å²) in [4.78, 5) is 0. The van der Waals surface area contributed by atoms with Gasteiger partial charge >= 0.3 is 0 Å². The highest BCUT2D eigenvalue weighted by atomic mass is 35.5. The summed E-state index contributed by atoms with van der Waals surface area (Å²) in [6.45, 7) is 3.74. The fourth-order valence-electron chi connectivity index (χ4n) is 2.84. The zero-order valence-electron chi connectivity index (χ0n) is 12.9. The van der Waals surface area contributed by atoms with Gasteiger partial charge in [0.2, 0.25) is 10.0 Å². The maximum absolute atomic E-state index is 14.1. The highest BCUT2D eigenvalue weighted by Crippen LogP contribution is 2.26. The van der Waals surface area contributed by atoms with Crippen LogP contribution in [0.3, 0.4) is 0 Å². The Labute approximate surface area is 136 Å². The van der Waals surface area contributed by atoms with Gasteiger partial charge < -0.3 is 5.32 Å². The predicted octanol–water partition coefficient (Wildman–Crippen LogP) is 2.80. The molecule has 1 aliphatic heterocycles. The predicted molar refractivity (Wildman–Crippen MR) is 87.0 cm³/mol. The molecule has 1 aromatic carbocycles. The Morgan fingerprint density at radius 3 is 2.82 bits per heavy atom. The van der Waals surface area contributed by atoms with E-state index in [9.17, 15) is 12.8 Å². The van der Waals surface area contributed by atoms with Gasteiger partial charge in [-0.3, -0.25) is 0 Å². The molecular weight excluding hydrogens is 327 g/mol. The lowest BCUT2D eigenvalue weighted by molar-refractivity contribution is 0.413. The number of halogens is 2. The van der Waals surface area contributed by atoms with E-state index >= 15 is 0 Å². The molecule has 0 spiro atoms. The molecule has 0 amide bonds. The van der Waals surface area contributed by atoms with Crippen molar-refractivity contribution in [2.75, 3.05) is 25.9 Å². The molecule has 0 unspecified atom stereocenters. The second kappa shape index (κ2) is 7.25. The smallest absolute Gasteiger partial charge is 0.211 e. The first-order valence-electron chi connectivity index (χ1n) is 7.45. The minimum absolute atomic E-state index is 0.119. The van der Waals surface area contributed by atoms with Crippen molar-refractivity contribution in [2.45, 2.75) is 25.8 Å². The normalized spacial score (nSPS) is 21.2. The van der Waals surface area contributed by atoms with Gasteiger partial charge in [0.25, 0.3) is 0 Å². The Hall–Kier alpha value is -0.690. The average Bonchev–Trinajstić information content (AvgIpc) is 2.93. The standard InChI is InChI=1S/C15H22ClFN2O2S/c1-3-14(12-5-4-6-13(16)15(12)17)18-9-11-7-8-19(10-11)22(2,20)21/h4-6,11,14,18H,3,7-10H2,1-2H3/t11-,14-/m0/s1. The molecule has 0 aliphatic carbocycles. The number of nitrogens with one attached hydrogen (secondary N) is 1. The number of benzene rings is 1. The van der Waals surface area contributed by atoms with Gasteiger partial charge in [0, 0.05) is 24.7 Å². The van der Waals surface area contributed by atoms with Gasteiger partial charge in [-0.1, -0.05) is 30.7 Å². The molecule has 4 nitrogen and oxygen atoms in total. The number of sulfonamides is 1. The second-order valence-electron chi connectivity index (χ2n) is 5.79. The molecule has 0 bridgehead atoms. The maximum Gasteiger partial charge on any atom is 0.211 e. The summed E-state index contributed by atoms with van der Waals surface area (Å²) in [5, 5.41) is 3.47. The van der Waals surface area contributed by atoms with E-state index in [4.69, 9.17) is 11.6 Å².